The zero-order valence-corrected chi connectivity index (χ0v) is 88.7. The molecule has 5 heterocycles. The summed E-state index contributed by atoms with van der Waals surface area (Å²) in [4.78, 5) is 14.8. The quantitative estimate of drug-likeness (QED) is 0.00999. The van der Waals surface area contributed by atoms with Gasteiger partial charge in [-0.15, -0.1) is 0 Å². The molecule has 18 rings (SSSR count). The number of anilines is 3. The van der Waals surface area contributed by atoms with E-state index < -0.39 is 78.0 Å². The fourth-order valence-electron chi connectivity index (χ4n) is 15.4. The minimum absolute atomic E-state index is 0. The third kappa shape index (κ3) is 35.5. The number of carbonyl (C=O) groups is 1. The Labute approximate surface area is 898 Å². The number of ether oxygens (including phenoxy) is 2. The molecular weight excluding hydrogens is 2030 g/mol. The summed E-state index contributed by atoms with van der Waals surface area (Å²) in [7, 11) is -23.5. The van der Waals surface area contributed by atoms with Crippen LogP contribution in [-0.4, -0.2) is 160 Å². The summed E-state index contributed by atoms with van der Waals surface area (Å²) in [5, 5.41) is 20.3. The Morgan fingerprint density at radius 1 is 0.452 bits per heavy atom. The molecule has 0 atom stereocenters. The number of nitrogens with zero attached hydrogens (tertiary/aromatic N) is 7. The molecule has 0 saturated heterocycles. The van der Waals surface area contributed by atoms with Crippen molar-refractivity contribution in [1.29, 1.82) is 0 Å². The molecular formula is C104H106N10Na2O23S7. The van der Waals surface area contributed by atoms with Crippen molar-refractivity contribution in [2.24, 2.45) is 0 Å². The molecule has 13 aromatic carbocycles. The number of allylic oxidation sites excluding steroid dienone is 2. The summed E-state index contributed by atoms with van der Waals surface area (Å²) in [6.07, 6.45) is 9.30. The summed E-state index contributed by atoms with van der Waals surface area (Å²) < 4.78 is 219. The van der Waals surface area contributed by atoms with E-state index in [9.17, 15) is 56.7 Å². The number of nitrogens with one attached hydrogen (secondary N) is 3. The molecule has 33 nitrogen and oxygen atoms in total. The van der Waals surface area contributed by atoms with Gasteiger partial charge in [0.05, 0.1) is 75.1 Å². The van der Waals surface area contributed by atoms with E-state index in [1.807, 2.05) is 211 Å². The largest absolute Gasteiger partial charge is 1.00 e. The van der Waals surface area contributed by atoms with Crippen molar-refractivity contribution in [1.82, 2.24) is 25.5 Å². The molecule has 0 fully saturated rings. The molecule has 754 valence electrons. The van der Waals surface area contributed by atoms with Crippen LogP contribution in [0.15, 0.2) is 336 Å². The fourth-order valence-corrected chi connectivity index (χ4v) is 17.5. The molecule has 0 saturated carbocycles. The molecule has 42 heteroatoms. The average molecular weight is 2130 g/mol. The number of carbonyl (C=O) groups excluding carboxylic acids is 1. The van der Waals surface area contributed by atoms with E-state index in [0.29, 0.717) is 118 Å². The van der Waals surface area contributed by atoms with Gasteiger partial charge >= 0.3 is 76.9 Å². The summed E-state index contributed by atoms with van der Waals surface area (Å²) >= 11 is 4.98. The maximum atomic E-state index is 11.8. The number of H-pyrrole nitrogens is 1. The number of aromatic nitrogens is 6. The SMILES string of the molecule is C.C.CCC(=Cc1oc2ccc(-c3ccccc3)cc2[n+]1CCS(=O)(=O)O)C=C1Oc2ccc(-c3ccccc3)cc2N1CCS(=O)(=O)[O-].CNC(=O)Nc1cccc(-n2[nH]nnc2=S)c1.CS(=O)(=O)[O-].CS(=O)(=O)[O-].O=S(=O)([O-])CCCCN1C(=Cc2oc3ccc(-c4ccccc4)cc3[n+]2CCCCS(=O)(=O)O)Oc2ccc(-c3ccccc3)cc21.[Na+].[Na+].c1ccc2cc(Cc3ccc4ccccc4c3)ccc2c1. The molecule has 2 aliphatic heterocycles. The van der Waals surface area contributed by atoms with Crippen molar-refractivity contribution in [3.63, 3.8) is 0 Å². The summed E-state index contributed by atoms with van der Waals surface area (Å²) in [6.45, 7) is 2.53. The molecule has 0 spiro atoms. The van der Waals surface area contributed by atoms with Gasteiger partial charge in [-0.25, -0.2) is 43.1 Å². The molecule has 16 aromatic rings. The first kappa shape index (κ1) is 117. The van der Waals surface area contributed by atoms with Gasteiger partial charge in [0.15, 0.2) is 24.6 Å². The number of benzene rings is 13. The minimum Gasteiger partial charge on any atom is -0.748 e. The van der Waals surface area contributed by atoms with Gasteiger partial charge in [-0.2, -0.15) is 31.2 Å². The molecule has 2 aliphatic rings. The molecule has 146 heavy (non-hydrogen) atoms. The van der Waals surface area contributed by atoms with Crippen LogP contribution in [0.25, 0.3) is 106 Å². The monoisotopic (exact) mass is 2130 g/mol. The van der Waals surface area contributed by atoms with Gasteiger partial charge in [-0.3, -0.25) is 9.11 Å². The molecule has 0 radical (unpaired) electrons. The first-order valence-electron chi connectivity index (χ1n) is 44.2. The van der Waals surface area contributed by atoms with Crippen LogP contribution in [0.2, 0.25) is 0 Å². The zero-order chi connectivity index (χ0) is 102. The van der Waals surface area contributed by atoms with Crippen LogP contribution in [-0.2, 0) is 80.2 Å². The van der Waals surface area contributed by atoms with Gasteiger partial charge in [-0.1, -0.05) is 269 Å². The van der Waals surface area contributed by atoms with Crippen LogP contribution in [0.4, 0.5) is 21.9 Å². The molecule has 0 aliphatic carbocycles. The van der Waals surface area contributed by atoms with E-state index in [4.69, 9.17) is 56.5 Å². The number of oxazole rings is 2. The molecule has 0 bridgehead atoms. The predicted octanol–water partition coefficient (Wildman–Crippen LogP) is 12.5. The number of aromatic amines is 1. The molecule has 5 N–H and O–H groups in total. The van der Waals surface area contributed by atoms with Crippen molar-refractivity contribution in [3.05, 3.63) is 354 Å². The number of hydrogen-bond donors (Lipinski definition) is 5. The number of urea groups is 1. The average Bonchev–Trinajstić information content (AvgIpc) is 2.42. The van der Waals surface area contributed by atoms with Crippen LogP contribution in [0.5, 0.6) is 11.5 Å². The zero-order valence-electron chi connectivity index (χ0n) is 79.0. The number of fused-ring (bicyclic) bond motifs is 6. The predicted molar refractivity (Wildman–Crippen MR) is 558 cm³/mol. The van der Waals surface area contributed by atoms with E-state index in [0.717, 1.165) is 67.8 Å². The Balaban J connectivity index is 0.000000222. The number of amides is 2. The Kier molecular flexibility index (Phi) is 42.9. The first-order valence-corrected chi connectivity index (χ1v) is 54.6. The van der Waals surface area contributed by atoms with Crippen LogP contribution in [0, 0.1) is 4.77 Å². The topological polar surface area (TPSA) is 484 Å². The molecule has 2 amide bonds. The van der Waals surface area contributed by atoms with Crippen LogP contribution < -0.4 is 98.2 Å². The third-order valence-corrected chi connectivity index (χ3v) is 25.2. The van der Waals surface area contributed by atoms with Gasteiger partial charge in [0.25, 0.3) is 31.3 Å². The second kappa shape index (κ2) is 53.4. The summed E-state index contributed by atoms with van der Waals surface area (Å²) in [5.74, 6) is 0.788. The van der Waals surface area contributed by atoms with Gasteiger partial charge in [0.2, 0.25) is 27.7 Å². The summed E-state index contributed by atoms with van der Waals surface area (Å²) in [5.41, 5.74) is 16.6. The number of rotatable bonds is 28. The number of aryl methyl sites for hydroxylation is 2. The first-order chi connectivity index (χ1) is 67.6. The van der Waals surface area contributed by atoms with E-state index in [1.165, 1.54) is 37.4 Å². The van der Waals surface area contributed by atoms with Crippen molar-refractivity contribution >= 4 is 152 Å². The number of unbranched alkanes of at least 4 members (excludes halogenated alkanes) is 2. The third-order valence-electron chi connectivity index (χ3n) is 21.9. The standard InChI is InChI=1S/C35H34N2O8S2.C35H32N2O8S2.C21H16.C9H10N6OS.2CH4O3S.2CH4.2Na/c38-46(39,40)21-9-7-19-36-30-23-28(26-11-3-1-4-12-26)15-17-32(30)44-34(36)25-35-37(20-8-10-22-47(41,42)43)31-24-29(16-18-33(31)45-35)27-13-5-2-6-14-27;1-2-25(21-34-36(17-19-46(38,39)40)30-23-28(13-15-32(30)44-34)26-9-5-3-6-10-26)22-35-37(18-20-47(41,42)43)31-24-29(14-16-33(31)45-35)27-11-7-4-8-12-27;1-3-7-20-14-16(9-11-18(20)5-1)13-17-10-12-19-6-2-4-8-21(19)15-17;1-10-8(16)11-6-3-2-4-7(5-6)15-9(17)12-13-14-15;2*1-5(2,3)4;;;;/h1-6,11-18,23-25H,7-10,19-22H2,(H-,38,39,40,41,42,43);3-16,21-24H,2,17-20H2,1H3,(H-,38,39,40,41,42,43);1-12,14-15H,13H2;2-5H,1H3,(H2,10,11,16)(H,12,14,17);2*1H3,(H,2,3,4);2*1H4;;/q;;;;;;;;2*+1/p-2. The smallest absolute Gasteiger partial charge is 0.748 e. The Hall–Kier alpha value is -12.2. The van der Waals surface area contributed by atoms with Crippen molar-refractivity contribution < 1.29 is 169 Å². The van der Waals surface area contributed by atoms with Gasteiger partial charge < -0.3 is 57.0 Å². The van der Waals surface area contributed by atoms with Crippen molar-refractivity contribution in [3.8, 4) is 61.7 Å². The second-order valence-electron chi connectivity index (χ2n) is 32.6. The number of hydrogen-bond acceptors (Lipinski definition) is 26. The Bertz CT molecular complexity index is 8010. The molecule has 3 aromatic heterocycles. The normalized spacial score (nSPS) is 12.7. The Morgan fingerprint density at radius 2 is 0.877 bits per heavy atom. The van der Waals surface area contributed by atoms with Crippen LogP contribution in [0.1, 0.15) is 76.8 Å². The van der Waals surface area contributed by atoms with E-state index in [-0.39, 0.29) is 112 Å². The fraction of sp³-hybridized carbons (Fsp3) is 0.192. The van der Waals surface area contributed by atoms with E-state index >= 15 is 0 Å². The van der Waals surface area contributed by atoms with Crippen molar-refractivity contribution in [2.45, 2.75) is 73.4 Å². The summed E-state index contributed by atoms with van der Waals surface area (Å²) in [6, 6.07) is 99.7. The molecule has 0 unspecified atom stereocenters. The maximum Gasteiger partial charge on any atom is 1.00 e. The van der Waals surface area contributed by atoms with Gasteiger partial charge in [0, 0.05) is 68.7 Å². The van der Waals surface area contributed by atoms with E-state index in [2.05, 4.69) is 111 Å². The number of tetrazole rings is 1. The van der Waals surface area contributed by atoms with Gasteiger partial charge in [-0.05, 0) is 182 Å². The Morgan fingerprint density at radius 3 is 1.32 bits per heavy atom. The second-order valence-corrected chi connectivity index (χ2v) is 41.9. The van der Waals surface area contributed by atoms with Crippen LogP contribution in [0.3, 0.4) is 0 Å². The van der Waals surface area contributed by atoms with Crippen molar-refractivity contribution in [2.75, 3.05) is 70.8 Å². The van der Waals surface area contributed by atoms with E-state index in [1.54, 1.807) is 59.0 Å². The minimum atomic E-state index is -4.52. The van der Waals surface area contributed by atoms with Gasteiger partial charge in [0.1, 0.15) is 11.8 Å². The van der Waals surface area contributed by atoms with Crippen LogP contribution >= 0.6 is 12.2 Å². The maximum absolute atomic E-state index is 11.8.